The largest absolute Gasteiger partial charge is 0.491 e. The summed E-state index contributed by atoms with van der Waals surface area (Å²) >= 11 is 0. The van der Waals surface area contributed by atoms with Gasteiger partial charge in [-0.05, 0) is 57.6 Å². The number of aliphatic hydroxyl groups is 2. The van der Waals surface area contributed by atoms with Crippen molar-refractivity contribution >= 4 is 35.8 Å². The highest BCUT2D eigenvalue weighted by molar-refractivity contribution is 5.86. The number of fused-ring (bicyclic) bond motifs is 3. The van der Waals surface area contributed by atoms with Gasteiger partial charge in [0.15, 0.2) is 0 Å². The van der Waals surface area contributed by atoms with E-state index >= 15 is 0 Å². The standard InChI is InChI=1S/C49H50O16/c1-3-43(52)58-25-27-60-45(54)21-23-47(56)64-31-35(50)29-62-37-17-13-33(14-18-37)49(41-11-7-5-9-39(41)40-10-6-8-12-42(40)49)34-15-19-38(20-16-34)63-30-36(51)32-65-48(57)24-22-46(55)61-28-26-59-44(53)4-2/h3-20,35-36,50-51H,1-2,21-32H2. The predicted molar refractivity (Wildman–Crippen MR) is 231 cm³/mol. The van der Waals surface area contributed by atoms with Crippen molar-refractivity contribution in [3.8, 4) is 22.6 Å². The zero-order valence-corrected chi connectivity index (χ0v) is 35.6. The molecule has 1 aliphatic rings. The number of esters is 6. The molecule has 0 amide bonds. The van der Waals surface area contributed by atoms with Crippen molar-refractivity contribution in [3.05, 3.63) is 145 Å². The van der Waals surface area contributed by atoms with Crippen LogP contribution in [0.25, 0.3) is 11.1 Å². The van der Waals surface area contributed by atoms with E-state index in [9.17, 15) is 39.0 Å². The van der Waals surface area contributed by atoms with Gasteiger partial charge in [0.2, 0.25) is 0 Å². The van der Waals surface area contributed by atoms with Gasteiger partial charge in [-0.3, -0.25) is 19.2 Å². The molecule has 0 heterocycles. The maximum atomic E-state index is 12.2. The Labute approximate surface area is 375 Å². The van der Waals surface area contributed by atoms with E-state index in [-0.39, 0.29) is 78.5 Å². The van der Waals surface area contributed by atoms with Crippen molar-refractivity contribution < 1.29 is 76.9 Å². The number of hydrogen-bond acceptors (Lipinski definition) is 16. The van der Waals surface area contributed by atoms with Gasteiger partial charge < -0.3 is 48.1 Å². The first-order chi connectivity index (χ1) is 31.4. The fourth-order valence-electron chi connectivity index (χ4n) is 6.90. The van der Waals surface area contributed by atoms with Crippen LogP contribution in [0.2, 0.25) is 0 Å². The smallest absolute Gasteiger partial charge is 0.330 e. The van der Waals surface area contributed by atoms with Crippen LogP contribution in [-0.2, 0) is 62.6 Å². The fourth-order valence-corrected chi connectivity index (χ4v) is 6.90. The molecule has 0 aromatic heterocycles. The molecular formula is C49H50O16. The molecule has 0 spiro atoms. The third kappa shape index (κ3) is 13.8. The van der Waals surface area contributed by atoms with Gasteiger partial charge in [0.05, 0.1) is 31.1 Å². The Morgan fingerprint density at radius 2 is 0.800 bits per heavy atom. The summed E-state index contributed by atoms with van der Waals surface area (Å²) in [5.41, 5.74) is 5.37. The van der Waals surface area contributed by atoms with E-state index in [0.717, 1.165) is 45.5 Å². The van der Waals surface area contributed by atoms with E-state index in [1.807, 2.05) is 48.5 Å². The summed E-state index contributed by atoms with van der Waals surface area (Å²) < 4.78 is 41.1. The van der Waals surface area contributed by atoms with Crippen molar-refractivity contribution in [3.63, 3.8) is 0 Å². The van der Waals surface area contributed by atoms with Crippen molar-refractivity contribution in [2.24, 2.45) is 0 Å². The summed E-state index contributed by atoms with van der Waals surface area (Å²) in [4.78, 5) is 70.1. The minimum absolute atomic E-state index is 0.141. The van der Waals surface area contributed by atoms with Crippen LogP contribution in [0.3, 0.4) is 0 Å². The SMILES string of the molecule is C=CC(=O)OCCOC(=O)CCC(=O)OCC(O)COc1ccc(C2(c3ccc(OCC(O)COC(=O)CCC(=O)OCCOC(=O)C=C)cc3)c3ccccc3-c3ccccc32)cc1. The molecule has 0 bridgehead atoms. The topological polar surface area (TPSA) is 217 Å². The number of hydrogen-bond donors (Lipinski definition) is 2. The summed E-state index contributed by atoms with van der Waals surface area (Å²) in [7, 11) is 0. The number of carbonyl (C=O) groups is 6. The lowest BCUT2D eigenvalue weighted by atomic mass is 9.68. The highest BCUT2D eigenvalue weighted by Gasteiger charge is 2.45. The monoisotopic (exact) mass is 894 g/mol. The number of aliphatic hydroxyl groups excluding tert-OH is 2. The van der Waals surface area contributed by atoms with E-state index in [0.29, 0.717) is 11.5 Å². The van der Waals surface area contributed by atoms with Crippen LogP contribution < -0.4 is 9.47 Å². The van der Waals surface area contributed by atoms with Gasteiger partial charge in [0, 0.05) is 12.2 Å². The molecule has 5 rings (SSSR count). The zero-order valence-electron chi connectivity index (χ0n) is 35.6. The molecule has 4 aromatic carbocycles. The average Bonchev–Trinajstić information content (AvgIpc) is 3.63. The molecule has 2 unspecified atom stereocenters. The Bertz CT molecular complexity index is 2120. The minimum Gasteiger partial charge on any atom is -0.491 e. The zero-order chi connectivity index (χ0) is 46.6. The van der Waals surface area contributed by atoms with E-state index < -0.39 is 53.4 Å². The van der Waals surface area contributed by atoms with Gasteiger partial charge in [-0.1, -0.05) is 86.0 Å². The summed E-state index contributed by atoms with van der Waals surface area (Å²) in [6.07, 6.45) is -1.37. The van der Waals surface area contributed by atoms with Crippen molar-refractivity contribution in [2.75, 3.05) is 52.9 Å². The average molecular weight is 895 g/mol. The van der Waals surface area contributed by atoms with Crippen molar-refractivity contribution in [1.82, 2.24) is 0 Å². The van der Waals surface area contributed by atoms with Crippen LogP contribution in [0.5, 0.6) is 11.5 Å². The molecule has 4 aromatic rings. The summed E-state index contributed by atoms with van der Waals surface area (Å²) in [5, 5.41) is 21.0. The lowest BCUT2D eigenvalue weighted by molar-refractivity contribution is -0.154. The van der Waals surface area contributed by atoms with E-state index in [4.69, 9.17) is 37.9 Å². The van der Waals surface area contributed by atoms with Gasteiger partial charge in [-0.15, -0.1) is 0 Å². The normalized spacial score (nSPS) is 12.8. The Kier molecular flexibility index (Phi) is 18.4. The van der Waals surface area contributed by atoms with Crippen LogP contribution >= 0.6 is 0 Å². The summed E-state index contributed by atoms with van der Waals surface area (Å²) in [6, 6.07) is 31.4. The third-order valence-electron chi connectivity index (χ3n) is 9.87. The van der Waals surface area contributed by atoms with Gasteiger partial charge >= 0.3 is 35.8 Å². The second kappa shape index (κ2) is 24.5. The molecular weight excluding hydrogens is 845 g/mol. The van der Waals surface area contributed by atoms with Gasteiger partial charge in [-0.25, -0.2) is 9.59 Å². The second-order valence-electron chi connectivity index (χ2n) is 14.4. The quantitative estimate of drug-likeness (QED) is 0.0332. The van der Waals surface area contributed by atoms with E-state index in [1.54, 1.807) is 24.3 Å². The maximum Gasteiger partial charge on any atom is 0.330 e. The number of carbonyl (C=O) groups excluding carboxylic acids is 6. The fraction of sp³-hybridized carbons (Fsp3) is 0.306. The Morgan fingerprint density at radius 3 is 1.17 bits per heavy atom. The van der Waals surface area contributed by atoms with E-state index in [2.05, 4.69) is 37.4 Å². The van der Waals surface area contributed by atoms with E-state index in [1.165, 1.54) is 0 Å². The highest BCUT2D eigenvalue weighted by Crippen LogP contribution is 2.56. The number of ether oxygens (including phenoxy) is 8. The molecule has 0 saturated heterocycles. The van der Waals surface area contributed by atoms with Gasteiger partial charge in [0.25, 0.3) is 0 Å². The van der Waals surface area contributed by atoms with Crippen LogP contribution in [0, 0.1) is 0 Å². The van der Waals surface area contributed by atoms with Crippen molar-refractivity contribution in [1.29, 1.82) is 0 Å². The molecule has 2 N–H and O–H groups in total. The van der Waals surface area contributed by atoms with Crippen LogP contribution in [0.4, 0.5) is 0 Å². The first-order valence-electron chi connectivity index (χ1n) is 20.7. The van der Waals surface area contributed by atoms with Gasteiger partial charge in [-0.2, -0.15) is 0 Å². The molecule has 16 nitrogen and oxygen atoms in total. The first kappa shape index (κ1) is 48.7. The maximum absolute atomic E-state index is 12.2. The lowest BCUT2D eigenvalue weighted by Crippen LogP contribution is -2.28. The molecule has 0 aliphatic heterocycles. The second-order valence-corrected chi connectivity index (χ2v) is 14.4. The summed E-state index contributed by atoms with van der Waals surface area (Å²) in [6.45, 7) is 4.85. The summed E-state index contributed by atoms with van der Waals surface area (Å²) in [5.74, 6) is -3.12. The molecule has 0 fully saturated rings. The minimum atomic E-state index is -1.15. The molecule has 16 heteroatoms. The predicted octanol–water partition coefficient (Wildman–Crippen LogP) is 4.72. The molecule has 0 saturated carbocycles. The first-order valence-corrected chi connectivity index (χ1v) is 20.7. The highest BCUT2D eigenvalue weighted by atomic mass is 16.6. The molecule has 2 atom stereocenters. The van der Waals surface area contributed by atoms with Crippen LogP contribution in [0.1, 0.15) is 47.9 Å². The Morgan fingerprint density at radius 1 is 0.462 bits per heavy atom. The number of benzene rings is 4. The molecule has 1 aliphatic carbocycles. The number of rotatable bonds is 26. The Hall–Kier alpha value is -7.30. The molecule has 342 valence electrons. The van der Waals surface area contributed by atoms with Gasteiger partial charge in [0.1, 0.15) is 76.6 Å². The third-order valence-corrected chi connectivity index (χ3v) is 9.87. The van der Waals surface area contributed by atoms with Crippen molar-refractivity contribution in [2.45, 2.75) is 43.3 Å². The molecule has 0 radical (unpaired) electrons. The Balaban J connectivity index is 1.15. The van der Waals surface area contributed by atoms with Crippen LogP contribution in [0.15, 0.2) is 122 Å². The molecule has 65 heavy (non-hydrogen) atoms. The van der Waals surface area contributed by atoms with Crippen LogP contribution in [-0.4, -0.2) is 111 Å². The lowest BCUT2D eigenvalue weighted by Gasteiger charge is -2.34.